The highest BCUT2D eigenvalue weighted by Crippen LogP contribution is 2.58. The third-order valence-electron chi connectivity index (χ3n) is 3.39. The van der Waals surface area contributed by atoms with Crippen molar-refractivity contribution in [2.45, 2.75) is 29.9 Å². The Kier molecular flexibility index (Phi) is 6.60. The van der Waals surface area contributed by atoms with E-state index in [4.69, 9.17) is 5.11 Å². The number of aliphatic carboxylic acids is 1. The van der Waals surface area contributed by atoms with Crippen LogP contribution in [0.1, 0.15) is 0 Å². The molecule has 0 atom stereocenters. The molecule has 0 aromatic heterocycles. The zero-order valence-corrected chi connectivity index (χ0v) is 14.2. The molecule has 0 saturated carbocycles. The second-order valence-electron chi connectivity index (χ2n) is 5.42. The van der Waals surface area contributed by atoms with Crippen molar-refractivity contribution in [1.29, 1.82) is 0 Å². The van der Waals surface area contributed by atoms with Gasteiger partial charge >= 0.3 is 35.8 Å². The van der Waals surface area contributed by atoms with Crippen LogP contribution in [0.5, 0.6) is 11.5 Å². The van der Waals surface area contributed by atoms with E-state index in [9.17, 15) is 53.1 Å². The van der Waals surface area contributed by atoms with Crippen molar-refractivity contribution in [3.8, 4) is 11.5 Å². The summed E-state index contributed by atoms with van der Waals surface area (Å²) in [5.74, 6) is -35.6. The number of ether oxygens (including phenoxy) is 2. The Hall–Kier alpha value is -2.74. The van der Waals surface area contributed by atoms with Crippen LogP contribution in [-0.4, -0.2) is 48.1 Å². The minimum atomic E-state index is -7.71. The average Bonchev–Trinajstić information content (AvgIpc) is 2.59. The van der Waals surface area contributed by atoms with Gasteiger partial charge in [0.25, 0.3) is 0 Å². The second-order valence-corrected chi connectivity index (χ2v) is 5.42. The molecule has 0 spiro atoms. The summed E-state index contributed by atoms with van der Waals surface area (Å²) in [5, 5.41) is 8.49. The van der Waals surface area contributed by atoms with Crippen LogP contribution in [0.3, 0.4) is 0 Å². The lowest BCUT2D eigenvalue weighted by atomic mass is 9.96. The van der Waals surface area contributed by atoms with Gasteiger partial charge in [-0.25, -0.2) is 4.79 Å². The summed E-state index contributed by atoms with van der Waals surface area (Å²) in [5.41, 5.74) is 0. The number of halogens is 11. The summed E-state index contributed by atoms with van der Waals surface area (Å²) < 4.78 is 153. The van der Waals surface area contributed by atoms with Gasteiger partial charge in [-0.3, -0.25) is 0 Å². The predicted octanol–water partition coefficient (Wildman–Crippen LogP) is 5.15. The lowest BCUT2D eigenvalue weighted by Gasteiger charge is -2.37. The van der Waals surface area contributed by atoms with E-state index < -0.39 is 53.4 Å². The maximum Gasteiger partial charge on any atom is 0.460 e. The molecule has 0 saturated heterocycles. The summed E-state index contributed by atoms with van der Waals surface area (Å²) in [7, 11) is 1.14. The van der Waals surface area contributed by atoms with E-state index in [1.54, 1.807) is 0 Å². The van der Waals surface area contributed by atoms with Gasteiger partial charge < -0.3 is 14.6 Å². The molecule has 0 bridgehead atoms. The fraction of sp³-hybridized carbons (Fsp3) is 0.400. The van der Waals surface area contributed by atoms with Gasteiger partial charge in [-0.2, -0.15) is 48.3 Å². The summed E-state index contributed by atoms with van der Waals surface area (Å²) in [6, 6.07) is 3.31. The molecule has 0 fully saturated rings. The van der Waals surface area contributed by atoms with Gasteiger partial charge in [0.2, 0.25) is 0 Å². The highest BCUT2D eigenvalue weighted by atomic mass is 19.4. The topological polar surface area (TPSA) is 55.8 Å². The Morgan fingerprint density at radius 3 is 1.60 bits per heavy atom. The van der Waals surface area contributed by atoms with Crippen molar-refractivity contribution >= 4 is 5.97 Å². The van der Waals surface area contributed by atoms with Crippen LogP contribution >= 0.6 is 0 Å². The Bertz CT molecular complexity index is 798. The number of hydrogen-bond acceptors (Lipinski definition) is 3. The molecule has 1 rings (SSSR count). The SMILES string of the molecule is COc1ccc(O/C(=C/C(=O)O)C(F)(F)C(F)(F)C(F)(F)C(F)(F)C(F)(F)F)cc1. The molecule has 30 heavy (non-hydrogen) atoms. The summed E-state index contributed by atoms with van der Waals surface area (Å²) in [6.07, 6.45) is -8.23. The monoisotopic (exact) mass is 462 g/mol. The van der Waals surface area contributed by atoms with Crippen molar-refractivity contribution in [3.63, 3.8) is 0 Å². The quantitative estimate of drug-likeness (QED) is 0.330. The van der Waals surface area contributed by atoms with Crippen LogP contribution in [0.15, 0.2) is 36.1 Å². The third kappa shape index (κ3) is 4.23. The van der Waals surface area contributed by atoms with E-state index in [0.29, 0.717) is 12.1 Å². The minimum Gasteiger partial charge on any atom is -0.497 e. The van der Waals surface area contributed by atoms with Crippen LogP contribution in [0.4, 0.5) is 48.3 Å². The Morgan fingerprint density at radius 2 is 1.23 bits per heavy atom. The lowest BCUT2D eigenvalue weighted by molar-refractivity contribution is -0.419. The number of rotatable bonds is 8. The summed E-state index contributed by atoms with van der Waals surface area (Å²) in [6.45, 7) is 0. The first-order valence-corrected chi connectivity index (χ1v) is 7.18. The fourth-order valence-electron chi connectivity index (χ4n) is 1.79. The highest BCUT2D eigenvalue weighted by molar-refractivity contribution is 5.80. The van der Waals surface area contributed by atoms with E-state index in [0.717, 1.165) is 19.2 Å². The van der Waals surface area contributed by atoms with Crippen LogP contribution < -0.4 is 9.47 Å². The van der Waals surface area contributed by atoms with Gasteiger partial charge in [-0.1, -0.05) is 0 Å². The number of carboxylic acid groups (broad SMARTS) is 1. The number of hydrogen-bond donors (Lipinski definition) is 1. The zero-order valence-electron chi connectivity index (χ0n) is 14.2. The molecule has 0 unspecified atom stereocenters. The van der Waals surface area contributed by atoms with Crippen molar-refractivity contribution in [2.75, 3.05) is 7.11 Å². The molecule has 1 aromatic rings. The van der Waals surface area contributed by atoms with Crippen LogP contribution in [0.2, 0.25) is 0 Å². The fourth-order valence-corrected chi connectivity index (χ4v) is 1.79. The first-order valence-electron chi connectivity index (χ1n) is 7.18. The third-order valence-corrected chi connectivity index (χ3v) is 3.39. The van der Waals surface area contributed by atoms with E-state index >= 15 is 0 Å². The van der Waals surface area contributed by atoms with Gasteiger partial charge in [-0.05, 0) is 24.3 Å². The average molecular weight is 462 g/mol. The second kappa shape index (κ2) is 7.83. The Labute approximate surface area is 159 Å². The number of benzene rings is 1. The first-order chi connectivity index (χ1) is 13.3. The molecule has 0 heterocycles. The highest BCUT2D eigenvalue weighted by Gasteiger charge is 2.88. The molecule has 1 aromatic carbocycles. The van der Waals surface area contributed by atoms with E-state index in [1.165, 1.54) is 0 Å². The first kappa shape index (κ1) is 25.3. The summed E-state index contributed by atoms with van der Waals surface area (Å²) in [4.78, 5) is 10.6. The largest absolute Gasteiger partial charge is 0.497 e. The standard InChI is InChI=1S/C15H9F11O4/c1-29-7-2-4-8(5-3-7)30-9(6-10(27)28)11(16,17)12(18,19)13(20,21)14(22,23)15(24,25)26/h2-6H,1H3,(H,27,28)/b9-6+. The van der Waals surface area contributed by atoms with Crippen molar-refractivity contribution < 1.29 is 67.7 Å². The molecular weight excluding hydrogens is 453 g/mol. The molecular formula is C15H9F11O4. The Morgan fingerprint density at radius 1 is 0.800 bits per heavy atom. The van der Waals surface area contributed by atoms with Gasteiger partial charge in [0, 0.05) is 0 Å². The van der Waals surface area contributed by atoms with Gasteiger partial charge in [-0.15, -0.1) is 0 Å². The number of methoxy groups -OCH3 is 1. The number of carbonyl (C=O) groups is 1. The zero-order chi connectivity index (χ0) is 23.8. The van der Waals surface area contributed by atoms with Crippen molar-refractivity contribution in [1.82, 2.24) is 0 Å². The molecule has 0 radical (unpaired) electrons. The minimum absolute atomic E-state index is 0.0413. The van der Waals surface area contributed by atoms with Crippen molar-refractivity contribution in [2.24, 2.45) is 0 Å². The molecule has 0 amide bonds. The van der Waals surface area contributed by atoms with E-state index in [2.05, 4.69) is 9.47 Å². The van der Waals surface area contributed by atoms with Crippen LogP contribution in [0, 0.1) is 0 Å². The molecule has 1 N–H and O–H groups in total. The van der Waals surface area contributed by atoms with E-state index in [1.807, 2.05) is 0 Å². The van der Waals surface area contributed by atoms with Gasteiger partial charge in [0.1, 0.15) is 11.5 Å². The van der Waals surface area contributed by atoms with E-state index in [-0.39, 0.29) is 5.75 Å². The van der Waals surface area contributed by atoms with Gasteiger partial charge in [0.15, 0.2) is 5.76 Å². The maximum absolute atomic E-state index is 14.1. The van der Waals surface area contributed by atoms with Crippen LogP contribution in [-0.2, 0) is 4.79 Å². The predicted molar refractivity (Wildman–Crippen MR) is 75.2 cm³/mol. The lowest BCUT2D eigenvalue weighted by Crippen LogP contribution is -2.67. The van der Waals surface area contributed by atoms with Gasteiger partial charge in [0.05, 0.1) is 13.2 Å². The van der Waals surface area contributed by atoms with Crippen LogP contribution in [0.25, 0.3) is 0 Å². The molecule has 0 aliphatic heterocycles. The number of allylic oxidation sites excluding steroid dienone is 1. The molecule has 0 aliphatic rings. The number of alkyl halides is 11. The number of carboxylic acids is 1. The maximum atomic E-state index is 14.1. The smallest absolute Gasteiger partial charge is 0.460 e. The van der Waals surface area contributed by atoms with Crippen molar-refractivity contribution in [3.05, 3.63) is 36.1 Å². The molecule has 15 heteroatoms. The molecule has 0 aliphatic carbocycles. The summed E-state index contributed by atoms with van der Waals surface area (Å²) >= 11 is 0. The normalized spacial score (nSPS) is 14.5. The molecule has 4 nitrogen and oxygen atoms in total. The Balaban J connectivity index is 3.52. The molecule has 170 valence electrons.